The van der Waals surface area contributed by atoms with Gasteiger partial charge in [-0.15, -0.1) is 0 Å². The standard InChI is InChI=1S/C17H16INO4/c1-11-7-8-15(22-2)12(9-11)17(21)23-10-16(20)19-14-6-4-3-5-13(14)18/h3-9H,10H2,1-2H3,(H,19,20). The lowest BCUT2D eigenvalue weighted by Crippen LogP contribution is -2.21. The van der Waals surface area contributed by atoms with Gasteiger partial charge in [0.15, 0.2) is 6.61 Å². The average molecular weight is 425 g/mol. The van der Waals surface area contributed by atoms with Gasteiger partial charge in [-0.25, -0.2) is 4.79 Å². The largest absolute Gasteiger partial charge is 0.496 e. The summed E-state index contributed by atoms with van der Waals surface area (Å²) in [6.07, 6.45) is 0. The number of amides is 1. The fourth-order valence-corrected chi connectivity index (χ4v) is 2.46. The Labute approximate surface area is 148 Å². The number of para-hydroxylation sites is 1. The Morgan fingerprint density at radius 3 is 2.61 bits per heavy atom. The fraction of sp³-hybridized carbons (Fsp3) is 0.176. The third-order valence-corrected chi connectivity index (χ3v) is 4.00. The van der Waals surface area contributed by atoms with Crippen LogP contribution in [0.2, 0.25) is 0 Å². The van der Waals surface area contributed by atoms with Gasteiger partial charge in [-0.2, -0.15) is 0 Å². The second-order valence-corrected chi connectivity index (χ2v) is 5.97. The maximum Gasteiger partial charge on any atom is 0.342 e. The predicted molar refractivity (Wildman–Crippen MR) is 95.8 cm³/mol. The van der Waals surface area contributed by atoms with Gasteiger partial charge in [0.1, 0.15) is 11.3 Å². The maximum absolute atomic E-state index is 12.1. The average Bonchev–Trinajstić information content (AvgIpc) is 2.54. The normalized spacial score (nSPS) is 10.0. The van der Waals surface area contributed by atoms with E-state index in [2.05, 4.69) is 27.9 Å². The first-order valence-electron chi connectivity index (χ1n) is 6.87. The molecule has 0 bridgehead atoms. The summed E-state index contributed by atoms with van der Waals surface area (Å²) < 4.78 is 11.1. The number of hydrogen-bond donors (Lipinski definition) is 1. The van der Waals surface area contributed by atoms with Gasteiger partial charge in [0.05, 0.1) is 12.8 Å². The molecule has 0 aliphatic heterocycles. The second kappa shape index (κ2) is 7.96. The molecule has 0 aliphatic carbocycles. The van der Waals surface area contributed by atoms with Crippen molar-refractivity contribution in [3.05, 3.63) is 57.2 Å². The summed E-state index contributed by atoms with van der Waals surface area (Å²) in [4.78, 5) is 24.0. The monoisotopic (exact) mass is 425 g/mol. The van der Waals surface area contributed by atoms with Crippen molar-refractivity contribution in [3.63, 3.8) is 0 Å². The molecule has 1 amide bonds. The number of carbonyl (C=O) groups is 2. The Morgan fingerprint density at radius 1 is 1.17 bits per heavy atom. The highest BCUT2D eigenvalue weighted by Crippen LogP contribution is 2.21. The smallest absolute Gasteiger partial charge is 0.342 e. The molecule has 2 aromatic rings. The van der Waals surface area contributed by atoms with E-state index in [9.17, 15) is 9.59 Å². The second-order valence-electron chi connectivity index (χ2n) is 4.81. The number of benzene rings is 2. The molecule has 0 saturated heterocycles. The lowest BCUT2D eigenvalue weighted by molar-refractivity contribution is -0.119. The van der Waals surface area contributed by atoms with Gasteiger partial charge in [0.2, 0.25) is 0 Å². The Hall–Kier alpha value is -2.09. The van der Waals surface area contributed by atoms with E-state index in [0.29, 0.717) is 17.0 Å². The van der Waals surface area contributed by atoms with E-state index in [0.717, 1.165) is 9.13 Å². The molecule has 0 fully saturated rings. The zero-order valence-corrected chi connectivity index (χ0v) is 14.9. The minimum Gasteiger partial charge on any atom is -0.496 e. The number of hydrogen-bond acceptors (Lipinski definition) is 4. The highest BCUT2D eigenvalue weighted by atomic mass is 127. The minimum absolute atomic E-state index is 0.301. The highest BCUT2D eigenvalue weighted by molar-refractivity contribution is 14.1. The first-order valence-corrected chi connectivity index (χ1v) is 7.95. The van der Waals surface area contributed by atoms with Crippen molar-refractivity contribution in [2.24, 2.45) is 0 Å². The molecule has 2 aromatic carbocycles. The van der Waals surface area contributed by atoms with Gasteiger partial charge in [-0.1, -0.05) is 23.8 Å². The van der Waals surface area contributed by atoms with Crippen molar-refractivity contribution in [1.29, 1.82) is 0 Å². The first kappa shape index (κ1) is 17.3. The number of halogens is 1. The molecule has 23 heavy (non-hydrogen) atoms. The lowest BCUT2D eigenvalue weighted by Gasteiger charge is -2.10. The maximum atomic E-state index is 12.1. The van der Waals surface area contributed by atoms with Gasteiger partial charge in [0.25, 0.3) is 5.91 Å². The third kappa shape index (κ3) is 4.69. The number of methoxy groups -OCH3 is 1. The van der Waals surface area contributed by atoms with Crippen LogP contribution in [0.15, 0.2) is 42.5 Å². The fourth-order valence-electron chi connectivity index (χ4n) is 1.94. The molecule has 2 rings (SSSR count). The van der Waals surface area contributed by atoms with Gasteiger partial charge in [-0.3, -0.25) is 4.79 Å². The summed E-state index contributed by atoms with van der Waals surface area (Å²) in [5.74, 6) is -0.573. The van der Waals surface area contributed by atoms with E-state index in [1.165, 1.54) is 7.11 Å². The zero-order valence-electron chi connectivity index (χ0n) is 12.8. The van der Waals surface area contributed by atoms with Crippen LogP contribution in [0.3, 0.4) is 0 Å². The van der Waals surface area contributed by atoms with Crippen molar-refractivity contribution in [2.75, 3.05) is 19.0 Å². The van der Waals surface area contributed by atoms with Crippen molar-refractivity contribution in [1.82, 2.24) is 0 Å². The molecule has 120 valence electrons. The van der Waals surface area contributed by atoms with Gasteiger partial charge in [-0.05, 0) is 53.8 Å². The molecule has 0 spiro atoms. The Kier molecular flexibility index (Phi) is 5.97. The number of aryl methyl sites for hydroxylation is 1. The van der Waals surface area contributed by atoms with Crippen molar-refractivity contribution in [3.8, 4) is 5.75 Å². The van der Waals surface area contributed by atoms with Crippen molar-refractivity contribution < 1.29 is 19.1 Å². The molecule has 0 unspecified atom stereocenters. The Balaban J connectivity index is 1.98. The third-order valence-electron chi connectivity index (χ3n) is 3.06. The van der Waals surface area contributed by atoms with Crippen LogP contribution >= 0.6 is 22.6 Å². The Morgan fingerprint density at radius 2 is 1.91 bits per heavy atom. The van der Waals surface area contributed by atoms with Crippen molar-refractivity contribution in [2.45, 2.75) is 6.92 Å². The lowest BCUT2D eigenvalue weighted by atomic mass is 10.1. The molecule has 0 radical (unpaired) electrons. The Bertz CT molecular complexity index is 730. The van der Waals surface area contributed by atoms with Gasteiger partial charge in [0, 0.05) is 3.57 Å². The molecule has 0 saturated carbocycles. The van der Waals surface area contributed by atoms with Crippen LogP contribution in [0.25, 0.3) is 0 Å². The van der Waals surface area contributed by atoms with E-state index in [1.807, 2.05) is 31.2 Å². The number of esters is 1. The summed E-state index contributed by atoms with van der Waals surface area (Å²) in [6, 6.07) is 12.5. The minimum atomic E-state index is -0.594. The molecule has 0 aliphatic rings. The van der Waals surface area contributed by atoms with Crippen LogP contribution in [-0.4, -0.2) is 25.6 Å². The van der Waals surface area contributed by atoms with Crippen LogP contribution < -0.4 is 10.1 Å². The summed E-state index contributed by atoms with van der Waals surface area (Å²) in [7, 11) is 1.48. The van der Waals surface area contributed by atoms with Gasteiger partial charge >= 0.3 is 5.97 Å². The van der Waals surface area contributed by atoms with Gasteiger partial charge < -0.3 is 14.8 Å². The summed E-state index contributed by atoms with van der Waals surface area (Å²) in [6.45, 7) is 1.50. The SMILES string of the molecule is COc1ccc(C)cc1C(=O)OCC(=O)Nc1ccccc1I. The van der Waals surface area contributed by atoms with Crippen LogP contribution in [0.4, 0.5) is 5.69 Å². The van der Waals surface area contributed by atoms with E-state index >= 15 is 0 Å². The predicted octanol–water partition coefficient (Wildman–Crippen LogP) is 3.40. The highest BCUT2D eigenvalue weighted by Gasteiger charge is 2.16. The van der Waals surface area contributed by atoms with E-state index < -0.39 is 11.9 Å². The number of rotatable bonds is 5. The van der Waals surface area contributed by atoms with Crippen molar-refractivity contribution >= 4 is 40.2 Å². The van der Waals surface area contributed by atoms with E-state index in [1.54, 1.807) is 18.2 Å². The molecular weight excluding hydrogens is 409 g/mol. The molecule has 0 heterocycles. The molecular formula is C17H16INO4. The van der Waals surface area contributed by atoms with Crippen LogP contribution in [0.5, 0.6) is 5.75 Å². The summed E-state index contributed by atoms with van der Waals surface area (Å²) in [5.41, 5.74) is 1.89. The number of carbonyl (C=O) groups excluding carboxylic acids is 2. The van der Waals surface area contributed by atoms with Crippen LogP contribution in [-0.2, 0) is 9.53 Å². The topological polar surface area (TPSA) is 64.6 Å². The molecule has 0 atom stereocenters. The molecule has 5 nitrogen and oxygen atoms in total. The quantitative estimate of drug-likeness (QED) is 0.589. The molecule has 0 aromatic heterocycles. The number of nitrogens with one attached hydrogen (secondary N) is 1. The molecule has 6 heteroatoms. The van der Waals surface area contributed by atoms with E-state index in [4.69, 9.17) is 9.47 Å². The van der Waals surface area contributed by atoms with E-state index in [-0.39, 0.29) is 6.61 Å². The van der Waals surface area contributed by atoms with Crippen LogP contribution in [0, 0.1) is 10.5 Å². The zero-order chi connectivity index (χ0) is 16.8. The number of anilines is 1. The number of ether oxygens (including phenoxy) is 2. The van der Waals surface area contributed by atoms with Crippen LogP contribution in [0.1, 0.15) is 15.9 Å². The molecule has 1 N–H and O–H groups in total. The first-order chi connectivity index (χ1) is 11.0. The summed E-state index contributed by atoms with van der Waals surface area (Å²) >= 11 is 2.12. The summed E-state index contributed by atoms with van der Waals surface area (Å²) in [5, 5.41) is 2.70.